The number of hydrogen-bond acceptors (Lipinski definition) is 3. The van der Waals surface area contributed by atoms with E-state index in [1.807, 2.05) is 18.2 Å². The van der Waals surface area contributed by atoms with Crippen molar-refractivity contribution in [2.75, 3.05) is 0 Å². The Labute approximate surface area is 153 Å². The molecule has 0 bridgehead atoms. The molecule has 4 rings (SSSR count). The van der Waals surface area contributed by atoms with Gasteiger partial charge >= 0.3 is 0 Å². The van der Waals surface area contributed by atoms with Crippen LogP contribution < -0.4 is 5.56 Å². The van der Waals surface area contributed by atoms with Gasteiger partial charge in [-0.15, -0.1) is 0 Å². The van der Waals surface area contributed by atoms with Crippen molar-refractivity contribution >= 4 is 34.1 Å². The van der Waals surface area contributed by atoms with Gasteiger partial charge in [0.1, 0.15) is 11.0 Å². The van der Waals surface area contributed by atoms with Gasteiger partial charge in [-0.1, -0.05) is 35.3 Å². The second kappa shape index (κ2) is 6.31. The van der Waals surface area contributed by atoms with Crippen LogP contribution in [-0.4, -0.2) is 14.5 Å². The molecular formula is C19H11Cl2N3O. The van der Waals surface area contributed by atoms with E-state index in [1.54, 1.807) is 53.2 Å². The summed E-state index contributed by atoms with van der Waals surface area (Å²) in [5.41, 5.74) is 1.85. The van der Waals surface area contributed by atoms with E-state index >= 15 is 0 Å². The third-order valence-electron chi connectivity index (χ3n) is 3.85. The Bertz CT molecular complexity index is 1120. The third-order valence-corrected chi connectivity index (χ3v) is 4.32. The molecule has 25 heavy (non-hydrogen) atoms. The Kier molecular flexibility index (Phi) is 3.99. The van der Waals surface area contributed by atoms with E-state index in [1.165, 1.54) is 0 Å². The maximum Gasteiger partial charge on any atom is 0.266 e. The van der Waals surface area contributed by atoms with Crippen LogP contribution >= 0.6 is 23.2 Å². The average molecular weight is 368 g/mol. The number of aromatic nitrogens is 3. The Hall–Kier alpha value is -2.69. The first-order valence-electron chi connectivity index (χ1n) is 7.53. The van der Waals surface area contributed by atoms with Crippen molar-refractivity contribution in [2.24, 2.45) is 0 Å². The van der Waals surface area contributed by atoms with Crippen LogP contribution in [0.5, 0.6) is 0 Å². The minimum Gasteiger partial charge on any atom is -0.268 e. The third kappa shape index (κ3) is 2.90. The zero-order valence-electron chi connectivity index (χ0n) is 12.9. The van der Waals surface area contributed by atoms with E-state index < -0.39 is 0 Å². The number of hydrogen-bond donors (Lipinski definition) is 0. The van der Waals surface area contributed by atoms with Gasteiger partial charge in [0, 0.05) is 16.8 Å². The molecular weight excluding hydrogens is 357 g/mol. The molecule has 4 aromatic rings. The summed E-state index contributed by atoms with van der Waals surface area (Å²) in [5, 5.41) is 1.52. The first-order chi connectivity index (χ1) is 12.1. The highest BCUT2D eigenvalue weighted by Gasteiger charge is 2.14. The molecule has 0 spiro atoms. The predicted molar refractivity (Wildman–Crippen MR) is 101 cm³/mol. The first-order valence-corrected chi connectivity index (χ1v) is 8.29. The summed E-state index contributed by atoms with van der Waals surface area (Å²) in [4.78, 5) is 21.9. The minimum absolute atomic E-state index is 0.155. The topological polar surface area (TPSA) is 47.8 Å². The van der Waals surface area contributed by atoms with Gasteiger partial charge < -0.3 is 0 Å². The first kappa shape index (κ1) is 15.8. The van der Waals surface area contributed by atoms with Crippen molar-refractivity contribution in [3.63, 3.8) is 0 Å². The molecule has 0 amide bonds. The van der Waals surface area contributed by atoms with Gasteiger partial charge in [0.15, 0.2) is 0 Å². The quantitative estimate of drug-likeness (QED) is 0.480. The van der Waals surface area contributed by atoms with Gasteiger partial charge in [0.05, 0.1) is 16.6 Å². The molecule has 2 aromatic heterocycles. The summed E-state index contributed by atoms with van der Waals surface area (Å²) in [6.45, 7) is 0. The molecule has 0 aliphatic heterocycles. The molecule has 0 atom stereocenters. The monoisotopic (exact) mass is 367 g/mol. The molecule has 0 aliphatic rings. The zero-order valence-corrected chi connectivity index (χ0v) is 14.4. The Morgan fingerprint density at radius 1 is 0.880 bits per heavy atom. The van der Waals surface area contributed by atoms with E-state index in [2.05, 4.69) is 9.97 Å². The second-order valence-electron chi connectivity index (χ2n) is 5.44. The highest BCUT2D eigenvalue weighted by atomic mass is 35.5. The smallest absolute Gasteiger partial charge is 0.266 e. The van der Waals surface area contributed by atoms with E-state index in [0.29, 0.717) is 38.2 Å². The van der Waals surface area contributed by atoms with E-state index in [-0.39, 0.29) is 5.56 Å². The SMILES string of the molecule is O=c1c2ccccc2nc(-c2ccc(Cl)nc2)n1-c1ccc(Cl)cc1. The molecule has 0 unspecified atom stereocenters. The predicted octanol–water partition coefficient (Wildman–Crippen LogP) is 4.75. The van der Waals surface area contributed by atoms with E-state index in [9.17, 15) is 4.79 Å². The molecule has 4 nitrogen and oxygen atoms in total. The fourth-order valence-corrected chi connectivity index (χ4v) is 2.90. The Morgan fingerprint density at radius 3 is 2.36 bits per heavy atom. The van der Waals surface area contributed by atoms with Gasteiger partial charge in [-0.2, -0.15) is 0 Å². The minimum atomic E-state index is -0.155. The molecule has 0 fully saturated rings. The van der Waals surface area contributed by atoms with Crippen molar-refractivity contribution in [1.29, 1.82) is 0 Å². The maximum atomic E-state index is 13.1. The number of para-hydroxylation sites is 1. The van der Waals surface area contributed by atoms with Gasteiger partial charge in [0.25, 0.3) is 5.56 Å². The van der Waals surface area contributed by atoms with E-state index in [4.69, 9.17) is 23.2 Å². The lowest BCUT2D eigenvalue weighted by molar-refractivity contribution is 0.974. The van der Waals surface area contributed by atoms with Crippen LogP contribution in [0.4, 0.5) is 0 Å². The number of pyridine rings is 1. The summed E-state index contributed by atoms with van der Waals surface area (Å²) >= 11 is 11.9. The number of nitrogens with zero attached hydrogens (tertiary/aromatic N) is 3. The number of fused-ring (bicyclic) bond motifs is 1. The molecule has 0 radical (unpaired) electrons. The molecule has 0 N–H and O–H groups in total. The van der Waals surface area contributed by atoms with Crippen LogP contribution in [0.2, 0.25) is 10.2 Å². The average Bonchev–Trinajstić information content (AvgIpc) is 2.63. The van der Waals surface area contributed by atoms with Crippen LogP contribution in [0, 0.1) is 0 Å². The molecule has 0 saturated carbocycles. The van der Waals surface area contributed by atoms with Crippen LogP contribution in [0.3, 0.4) is 0 Å². The number of benzene rings is 2. The van der Waals surface area contributed by atoms with Crippen LogP contribution in [0.15, 0.2) is 71.7 Å². The van der Waals surface area contributed by atoms with Gasteiger partial charge in [0.2, 0.25) is 0 Å². The maximum absolute atomic E-state index is 13.1. The highest BCUT2D eigenvalue weighted by Crippen LogP contribution is 2.23. The molecule has 0 aliphatic carbocycles. The lowest BCUT2D eigenvalue weighted by atomic mass is 10.2. The fraction of sp³-hybridized carbons (Fsp3) is 0. The normalized spacial score (nSPS) is 11.0. The van der Waals surface area contributed by atoms with Crippen molar-refractivity contribution < 1.29 is 0 Å². The van der Waals surface area contributed by atoms with Crippen molar-refractivity contribution in [3.05, 3.63) is 87.4 Å². The van der Waals surface area contributed by atoms with Crippen molar-refractivity contribution in [2.45, 2.75) is 0 Å². The summed E-state index contributed by atoms with van der Waals surface area (Å²) in [6.07, 6.45) is 1.60. The molecule has 2 heterocycles. The number of halogens is 2. The van der Waals surface area contributed by atoms with Crippen LogP contribution in [-0.2, 0) is 0 Å². The van der Waals surface area contributed by atoms with Gasteiger partial charge in [-0.25, -0.2) is 9.97 Å². The molecule has 0 saturated heterocycles. The Balaban J connectivity index is 2.09. The highest BCUT2D eigenvalue weighted by molar-refractivity contribution is 6.30. The summed E-state index contributed by atoms with van der Waals surface area (Å²) in [6, 6.07) is 17.8. The van der Waals surface area contributed by atoms with E-state index in [0.717, 1.165) is 0 Å². The second-order valence-corrected chi connectivity index (χ2v) is 6.26. The van der Waals surface area contributed by atoms with Crippen molar-refractivity contribution in [1.82, 2.24) is 14.5 Å². The van der Waals surface area contributed by atoms with Gasteiger partial charge in [-0.05, 0) is 48.5 Å². The van der Waals surface area contributed by atoms with Crippen LogP contribution in [0.25, 0.3) is 28.0 Å². The summed E-state index contributed by atoms with van der Waals surface area (Å²) in [5.74, 6) is 0.496. The summed E-state index contributed by atoms with van der Waals surface area (Å²) < 4.78 is 1.56. The standard InChI is InChI=1S/C19H11Cl2N3O/c20-13-6-8-14(9-7-13)24-18(12-5-10-17(21)22-11-12)23-16-4-2-1-3-15(16)19(24)25/h1-11H. The largest absolute Gasteiger partial charge is 0.268 e. The molecule has 2 aromatic carbocycles. The lowest BCUT2D eigenvalue weighted by Crippen LogP contribution is -2.22. The number of rotatable bonds is 2. The fourth-order valence-electron chi connectivity index (χ4n) is 2.66. The van der Waals surface area contributed by atoms with Crippen molar-refractivity contribution in [3.8, 4) is 17.1 Å². The lowest BCUT2D eigenvalue weighted by Gasteiger charge is -2.13. The van der Waals surface area contributed by atoms with Crippen LogP contribution in [0.1, 0.15) is 0 Å². The summed E-state index contributed by atoms with van der Waals surface area (Å²) in [7, 11) is 0. The Morgan fingerprint density at radius 2 is 1.64 bits per heavy atom. The molecule has 122 valence electrons. The molecule has 6 heteroatoms. The zero-order chi connectivity index (χ0) is 17.4. The van der Waals surface area contributed by atoms with Gasteiger partial charge in [-0.3, -0.25) is 9.36 Å².